The van der Waals surface area contributed by atoms with Gasteiger partial charge in [0.2, 0.25) is 0 Å². The highest BCUT2D eigenvalue weighted by atomic mass is 32.1. The minimum absolute atomic E-state index is 0.678. The molecule has 3 aromatic rings. The molecule has 2 aromatic heterocycles. The van der Waals surface area contributed by atoms with Crippen LogP contribution >= 0.6 is 11.3 Å². The van der Waals surface area contributed by atoms with E-state index in [4.69, 9.17) is 0 Å². The van der Waals surface area contributed by atoms with E-state index in [9.17, 15) is 5.11 Å². The second kappa shape index (κ2) is 5.19. The van der Waals surface area contributed by atoms with Gasteiger partial charge in [0.15, 0.2) is 0 Å². The van der Waals surface area contributed by atoms with Gasteiger partial charge in [-0.15, -0.1) is 16.4 Å². The third-order valence-corrected chi connectivity index (χ3v) is 4.21. The Bertz CT molecular complexity index is 718. The van der Waals surface area contributed by atoms with E-state index in [2.05, 4.69) is 10.3 Å². The summed E-state index contributed by atoms with van der Waals surface area (Å²) >= 11 is 1.69. The number of thiophene rings is 1. The van der Waals surface area contributed by atoms with Crippen LogP contribution in [0.25, 0.3) is 5.69 Å². The van der Waals surface area contributed by atoms with Crippen molar-refractivity contribution in [1.82, 2.24) is 15.0 Å². The molecule has 0 radical (unpaired) electrons. The van der Waals surface area contributed by atoms with Crippen molar-refractivity contribution >= 4 is 11.3 Å². The molecule has 1 atom stereocenters. The molecule has 0 amide bonds. The van der Waals surface area contributed by atoms with Crippen LogP contribution in [0.3, 0.4) is 0 Å². The molecule has 1 N–H and O–H groups in total. The molecule has 0 aliphatic heterocycles. The molecule has 1 unspecified atom stereocenters. The molecule has 1 aromatic carbocycles. The Morgan fingerprint density at radius 3 is 2.60 bits per heavy atom. The number of aliphatic hydroxyl groups excluding tert-OH is 1. The molecule has 2 heterocycles. The molecular formula is C15H15N3OS. The van der Waals surface area contributed by atoms with Gasteiger partial charge in [-0.2, -0.15) is 0 Å². The monoisotopic (exact) mass is 285 g/mol. The lowest BCUT2D eigenvalue weighted by Gasteiger charge is -2.12. The number of para-hydroxylation sites is 1. The maximum absolute atomic E-state index is 10.6. The van der Waals surface area contributed by atoms with Crippen molar-refractivity contribution in [3.63, 3.8) is 0 Å². The number of benzene rings is 1. The lowest BCUT2D eigenvalue weighted by atomic mass is 10.1. The molecule has 3 rings (SSSR count). The summed E-state index contributed by atoms with van der Waals surface area (Å²) in [5, 5.41) is 18.6. The summed E-state index contributed by atoms with van der Waals surface area (Å²) < 4.78 is 1.68. The van der Waals surface area contributed by atoms with E-state index < -0.39 is 6.10 Å². The predicted molar refractivity (Wildman–Crippen MR) is 79.2 cm³/mol. The number of aryl methyl sites for hydroxylation is 2. The number of aliphatic hydroxyl groups is 1. The molecule has 102 valence electrons. The average Bonchev–Trinajstić information content (AvgIpc) is 3.05. The molecule has 0 aliphatic carbocycles. The maximum Gasteiger partial charge on any atom is 0.124 e. The number of hydrogen-bond acceptors (Lipinski definition) is 4. The molecule has 0 fully saturated rings. The van der Waals surface area contributed by atoms with E-state index in [0.717, 1.165) is 16.1 Å². The molecular weight excluding hydrogens is 270 g/mol. The van der Waals surface area contributed by atoms with Crippen LogP contribution in [-0.2, 0) is 0 Å². The fraction of sp³-hybridized carbons (Fsp3) is 0.200. The zero-order valence-electron chi connectivity index (χ0n) is 11.3. The molecule has 0 spiro atoms. The Morgan fingerprint density at radius 1 is 1.20 bits per heavy atom. The SMILES string of the molecule is Cc1cc(C(O)c2cnnn2-c2ccccc2)c(C)s1. The number of nitrogens with zero attached hydrogens (tertiary/aromatic N) is 3. The van der Waals surface area contributed by atoms with Crippen LogP contribution in [0.2, 0.25) is 0 Å². The normalized spacial score (nSPS) is 12.6. The minimum atomic E-state index is -0.713. The lowest BCUT2D eigenvalue weighted by Crippen LogP contribution is -2.08. The lowest BCUT2D eigenvalue weighted by molar-refractivity contribution is 0.212. The first kappa shape index (κ1) is 13.0. The van der Waals surface area contributed by atoms with E-state index in [0.29, 0.717) is 5.69 Å². The average molecular weight is 285 g/mol. The number of hydrogen-bond donors (Lipinski definition) is 1. The van der Waals surface area contributed by atoms with Gasteiger partial charge >= 0.3 is 0 Å². The second-order valence-electron chi connectivity index (χ2n) is 4.68. The summed E-state index contributed by atoms with van der Waals surface area (Å²) in [5.74, 6) is 0. The van der Waals surface area contributed by atoms with Crippen molar-refractivity contribution in [2.24, 2.45) is 0 Å². The fourth-order valence-corrected chi connectivity index (χ4v) is 3.24. The third-order valence-electron chi connectivity index (χ3n) is 3.23. The number of rotatable bonds is 3. The standard InChI is InChI=1S/C15H15N3OS/c1-10-8-13(11(2)20-10)15(19)14-9-16-17-18(14)12-6-4-3-5-7-12/h3-9,15,19H,1-2H3. The van der Waals surface area contributed by atoms with Gasteiger partial charge < -0.3 is 5.11 Å². The van der Waals surface area contributed by atoms with Crippen LogP contribution in [0.1, 0.15) is 27.1 Å². The van der Waals surface area contributed by atoms with Crippen molar-refractivity contribution in [3.8, 4) is 5.69 Å². The Kier molecular flexibility index (Phi) is 3.38. The molecule has 5 heteroatoms. The van der Waals surface area contributed by atoms with Gasteiger partial charge in [0.05, 0.1) is 17.6 Å². The fourth-order valence-electron chi connectivity index (χ4n) is 2.28. The molecule has 20 heavy (non-hydrogen) atoms. The third kappa shape index (κ3) is 2.26. The van der Waals surface area contributed by atoms with Gasteiger partial charge in [-0.25, -0.2) is 4.68 Å². The van der Waals surface area contributed by atoms with Gasteiger partial charge in [0.1, 0.15) is 6.10 Å². The van der Waals surface area contributed by atoms with Crippen LogP contribution in [0, 0.1) is 13.8 Å². The highest BCUT2D eigenvalue weighted by Crippen LogP contribution is 2.30. The van der Waals surface area contributed by atoms with Gasteiger partial charge in [0, 0.05) is 15.3 Å². The highest BCUT2D eigenvalue weighted by Gasteiger charge is 2.20. The zero-order valence-corrected chi connectivity index (χ0v) is 12.1. The van der Waals surface area contributed by atoms with Crippen LogP contribution < -0.4 is 0 Å². The van der Waals surface area contributed by atoms with E-state index in [1.54, 1.807) is 22.2 Å². The first-order valence-electron chi connectivity index (χ1n) is 6.38. The van der Waals surface area contributed by atoms with Crippen molar-refractivity contribution < 1.29 is 5.11 Å². The van der Waals surface area contributed by atoms with E-state index in [-0.39, 0.29) is 0 Å². The summed E-state index contributed by atoms with van der Waals surface area (Å²) in [7, 11) is 0. The molecule has 0 aliphatic rings. The van der Waals surface area contributed by atoms with Crippen molar-refractivity contribution in [3.05, 3.63) is 63.6 Å². The summed E-state index contributed by atoms with van der Waals surface area (Å²) in [5.41, 5.74) is 2.49. The van der Waals surface area contributed by atoms with Crippen molar-refractivity contribution in [2.75, 3.05) is 0 Å². The summed E-state index contributed by atoms with van der Waals surface area (Å²) in [6, 6.07) is 11.7. The van der Waals surface area contributed by atoms with Gasteiger partial charge in [-0.1, -0.05) is 23.4 Å². The largest absolute Gasteiger partial charge is 0.382 e. The number of aromatic nitrogens is 3. The molecule has 0 saturated heterocycles. The van der Waals surface area contributed by atoms with Crippen LogP contribution in [0.4, 0.5) is 0 Å². The molecule has 0 saturated carbocycles. The smallest absolute Gasteiger partial charge is 0.124 e. The van der Waals surface area contributed by atoms with Gasteiger partial charge in [-0.05, 0) is 32.0 Å². The van der Waals surface area contributed by atoms with Crippen LogP contribution in [0.5, 0.6) is 0 Å². The van der Waals surface area contributed by atoms with E-state index in [1.165, 1.54) is 4.88 Å². The molecule has 4 nitrogen and oxygen atoms in total. The van der Waals surface area contributed by atoms with E-state index in [1.807, 2.05) is 50.2 Å². The Labute approximate surface area is 121 Å². The van der Waals surface area contributed by atoms with Gasteiger partial charge in [0.25, 0.3) is 0 Å². The Morgan fingerprint density at radius 2 is 1.95 bits per heavy atom. The Balaban J connectivity index is 2.04. The zero-order chi connectivity index (χ0) is 14.1. The van der Waals surface area contributed by atoms with Crippen LogP contribution in [-0.4, -0.2) is 20.1 Å². The maximum atomic E-state index is 10.6. The summed E-state index contributed by atoms with van der Waals surface area (Å²) in [4.78, 5) is 2.31. The minimum Gasteiger partial charge on any atom is -0.382 e. The van der Waals surface area contributed by atoms with Crippen LogP contribution in [0.15, 0.2) is 42.6 Å². The first-order valence-corrected chi connectivity index (χ1v) is 7.19. The predicted octanol–water partition coefficient (Wildman–Crippen LogP) is 3.03. The van der Waals surface area contributed by atoms with Crippen molar-refractivity contribution in [2.45, 2.75) is 20.0 Å². The summed E-state index contributed by atoms with van der Waals surface area (Å²) in [6.45, 7) is 4.06. The first-order chi connectivity index (χ1) is 9.66. The molecule has 0 bridgehead atoms. The van der Waals surface area contributed by atoms with Crippen molar-refractivity contribution in [1.29, 1.82) is 0 Å². The van der Waals surface area contributed by atoms with Gasteiger partial charge in [-0.3, -0.25) is 0 Å². The second-order valence-corrected chi connectivity index (χ2v) is 6.14. The topological polar surface area (TPSA) is 50.9 Å². The quantitative estimate of drug-likeness (QED) is 0.804. The highest BCUT2D eigenvalue weighted by molar-refractivity contribution is 7.12. The Hall–Kier alpha value is -1.98. The van der Waals surface area contributed by atoms with E-state index >= 15 is 0 Å². The summed E-state index contributed by atoms with van der Waals surface area (Å²) in [6.07, 6.45) is 0.902.